The molecule has 3 aromatic rings. The van der Waals surface area contributed by atoms with E-state index in [1.165, 1.54) is 6.07 Å². The van der Waals surface area contributed by atoms with Crippen molar-refractivity contribution >= 4 is 10.1 Å². The summed E-state index contributed by atoms with van der Waals surface area (Å²) in [7, 11) is -3.67. The second kappa shape index (κ2) is 9.10. The molecule has 2 saturated heterocycles. The average molecular weight is 548 g/mol. The first kappa shape index (κ1) is 25.4. The molecule has 11 heteroatoms. The van der Waals surface area contributed by atoms with Gasteiger partial charge in [0.15, 0.2) is 0 Å². The average Bonchev–Trinajstić information content (AvgIpc) is 3.68. The minimum atomic E-state index is -5.77. The van der Waals surface area contributed by atoms with Crippen molar-refractivity contribution in [2.24, 2.45) is 0 Å². The molecule has 1 aliphatic carbocycles. The lowest BCUT2D eigenvalue weighted by Gasteiger charge is -2.26. The number of benzene rings is 2. The van der Waals surface area contributed by atoms with E-state index in [-0.39, 0.29) is 17.2 Å². The van der Waals surface area contributed by atoms with Crippen LogP contribution in [0.2, 0.25) is 0 Å². The Hall–Kier alpha value is -2.89. The highest BCUT2D eigenvalue weighted by atomic mass is 32.2. The van der Waals surface area contributed by atoms with Gasteiger partial charge < -0.3 is 13.9 Å². The lowest BCUT2D eigenvalue weighted by atomic mass is 9.77. The molecule has 2 atom stereocenters. The maximum Gasteiger partial charge on any atom is 0.534 e. The van der Waals surface area contributed by atoms with Crippen LogP contribution in [0.5, 0.6) is 5.75 Å². The highest BCUT2D eigenvalue weighted by molar-refractivity contribution is 7.88. The van der Waals surface area contributed by atoms with Crippen LogP contribution in [0.3, 0.4) is 0 Å². The summed E-state index contributed by atoms with van der Waals surface area (Å²) in [6.45, 7) is 2.04. The predicted molar refractivity (Wildman–Crippen MR) is 135 cm³/mol. The monoisotopic (exact) mass is 547 g/mol. The molecule has 1 unspecified atom stereocenters. The molecule has 7 nitrogen and oxygen atoms in total. The molecule has 0 bridgehead atoms. The van der Waals surface area contributed by atoms with E-state index in [0.717, 1.165) is 53.2 Å². The molecule has 2 fully saturated rings. The molecule has 2 aromatic carbocycles. The molecule has 2 aliphatic heterocycles. The van der Waals surface area contributed by atoms with Gasteiger partial charge >= 0.3 is 15.6 Å². The summed E-state index contributed by atoms with van der Waals surface area (Å²) in [5.74, 6) is 0.692. The van der Waals surface area contributed by atoms with Gasteiger partial charge in [0.25, 0.3) is 0 Å². The van der Waals surface area contributed by atoms with E-state index in [1.54, 1.807) is 6.07 Å². The smallest absolute Gasteiger partial charge is 0.380 e. The Labute approximate surface area is 219 Å². The van der Waals surface area contributed by atoms with Crippen LogP contribution in [0.4, 0.5) is 13.2 Å². The second-order valence-corrected chi connectivity index (χ2v) is 12.0. The standard InChI is InChI=1S/C27H28F3N3O4S/c1-33-13-2-3-22(33)25-31-15-21(32-25)18-6-4-17(5-7-18)19-8-9-23(37-38(34,35)27(28,29)30)20-10-11-26(24(19)20)12-14-36-16-26/h4-9,15,22H,2-3,10-14,16H2,1H3,(H,31,32)/t22-,26?/m0/s1. The van der Waals surface area contributed by atoms with Gasteiger partial charge in [-0.2, -0.15) is 21.6 Å². The number of hydrogen-bond acceptors (Lipinski definition) is 6. The fourth-order valence-corrected chi connectivity index (χ4v) is 6.68. The third-order valence-corrected chi connectivity index (χ3v) is 9.14. The van der Waals surface area contributed by atoms with Crippen molar-refractivity contribution in [3.63, 3.8) is 0 Å². The van der Waals surface area contributed by atoms with Gasteiger partial charge in [-0.25, -0.2) is 4.98 Å². The van der Waals surface area contributed by atoms with Crippen LogP contribution in [0.25, 0.3) is 22.4 Å². The number of halogens is 3. The Bertz CT molecular complexity index is 1460. The summed E-state index contributed by atoms with van der Waals surface area (Å²) >= 11 is 0. The molecule has 202 valence electrons. The molecule has 3 heterocycles. The third kappa shape index (κ3) is 4.20. The summed E-state index contributed by atoms with van der Waals surface area (Å²) in [5.41, 5.74) is -0.923. The van der Waals surface area contributed by atoms with Gasteiger partial charge in [0.2, 0.25) is 0 Å². The van der Waals surface area contributed by atoms with E-state index in [0.29, 0.717) is 38.0 Å². The van der Waals surface area contributed by atoms with Gasteiger partial charge in [-0.3, -0.25) is 4.90 Å². The Morgan fingerprint density at radius 3 is 2.55 bits per heavy atom. The van der Waals surface area contributed by atoms with Crippen LogP contribution in [0.15, 0.2) is 42.6 Å². The van der Waals surface area contributed by atoms with Crippen molar-refractivity contribution in [1.82, 2.24) is 14.9 Å². The fraction of sp³-hybridized carbons (Fsp3) is 0.444. The molecule has 1 spiro atoms. The number of likely N-dealkylation sites (tertiary alicyclic amines) is 1. The van der Waals surface area contributed by atoms with Crippen molar-refractivity contribution in [2.75, 3.05) is 26.8 Å². The van der Waals surface area contributed by atoms with Gasteiger partial charge in [0, 0.05) is 17.6 Å². The predicted octanol–water partition coefficient (Wildman–Crippen LogP) is 5.34. The highest BCUT2D eigenvalue weighted by Crippen LogP contribution is 2.52. The quantitative estimate of drug-likeness (QED) is 0.343. The van der Waals surface area contributed by atoms with Crippen molar-refractivity contribution in [1.29, 1.82) is 0 Å². The number of aromatic amines is 1. The van der Waals surface area contributed by atoms with Gasteiger partial charge in [0.1, 0.15) is 11.6 Å². The summed E-state index contributed by atoms with van der Waals surface area (Å²) in [5, 5.41) is 0. The zero-order valence-corrected chi connectivity index (χ0v) is 21.7. The Balaban J connectivity index is 1.36. The van der Waals surface area contributed by atoms with Crippen LogP contribution < -0.4 is 4.18 Å². The molecule has 1 aromatic heterocycles. The number of H-pyrrole nitrogens is 1. The number of rotatable bonds is 5. The maximum atomic E-state index is 13.1. The zero-order valence-electron chi connectivity index (χ0n) is 20.8. The first-order valence-corrected chi connectivity index (χ1v) is 14.1. The van der Waals surface area contributed by atoms with Gasteiger partial charge in [0.05, 0.1) is 24.5 Å². The summed E-state index contributed by atoms with van der Waals surface area (Å²) in [6.07, 6.45) is 5.85. The Morgan fingerprint density at radius 1 is 1.13 bits per heavy atom. The minimum Gasteiger partial charge on any atom is -0.380 e. The second-order valence-electron chi connectivity index (χ2n) is 10.4. The molecular weight excluding hydrogens is 519 g/mol. The van der Waals surface area contributed by atoms with Crippen molar-refractivity contribution in [2.45, 2.75) is 49.1 Å². The fourth-order valence-electron chi connectivity index (χ4n) is 6.20. The minimum absolute atomic E-state index is 0.261. The molecule has 1 N–H and O–H groups in total. The number of nitrogens with one attached hydrogen (secondary N) is 1. The van der Waals surface area contributed by atoms with E-state index >= 15 is 0 Å². The summed E-state index contributed by atoms with van der Waals surface area (Å²) < 4.78 is 73.0. The Morgan fingerprint density at radius 2 is 1.89 bits per heavy atom. The number of nitrogens with zero attached hydrogens (tertiary/aromatic N) is 2. The van der Waals surface area contributed by atoms with Gasteiger partial charge in [-0.15, -0.1) is 0 Å². The van der Waals surface area contributed by atoms with Gasteiger partial charge in [-0.1, -0.05) is 30.3 Å². The molecule has 3 aliphatic rings. The third-order valence-electron chi connectivity index (χ3n) is 8.18. The van der Waals surface area contributed by atoms with E-state index in [2.05, 4.69) is 26.1 Å². The number of alkyl halides is 3. The largest absolute Gasteiger partial charge is 0.534 e. The number of hydrogen-bond donors (Lipinski definition) is 1. The van der Waals surface area contributed by atoms with E-state index in [1.807, 2.05) is 30.5 Å². The van der Waals surface area contributed by atoms with Crippen LogP contribution in [0.1, 0.15) is 48.7 Å². The normalized spacial score (nSPS) is 23.8. The van der Waals surface area contributed by atoms with Crippen molar-refractivity contribution < 1.29 is 30.5 Å². The highest BCUT2D eigenvalue weighted by Gasteiger charge is 2.50. The molecule has 0 saturated carbocycles. The molecular formula is C27H28F3N3O4S. The van der Waals surface area contributed by atoms with Crippen molar-refractivity contribution in [3.8, 4) is 28.1 Å². The number of aromatic nitrogens is 2. The number of imidazole rings is 1. The van der Waals surface area contributed by atoms with Crippen LogP contribution in [-0.4, -0.2) is 55.6 Å². The summed E-state index contributed by atoms with van der Waals surface area (Å²) in [4.78, 5) is 10.3. The molecule has 0 radical (unpaired) electrons. The van der Waals surface area contributed by atoms with E-state index in [9.17, 15) is 21.6 Å². The molecule has 38 heavy (non-hydrogen) atoms. The lowest BCUT2D eigenvalue weighted by Crippen LogP contribution is -2.28. The SMILES string of the molecule is CN1CCC[C@H]1c1ncc(-c2ccc(-c3ccc(OS(=O)(=O)C(F)(F)F)c4c3C3(CCOC3)CC4)cc2)[nH]1. The zero-order chi connectivity index (χ0) is 26.7. The van der Waals surface area contributed by atoms with Crippen molar-refractivity contribution in [3.05, 3.63) is 59.5 Å². The van der Waals surface area contributed by atoms with Crippen LogP contribution in [-0.2, 0) is 26.7 Å². The molecule has 0 amide bonds. The molecule has 6 rings (SSSR count). The number of fused-ring (bicyclic) bond motifs is 2. The van der Waals surface area contributed by atoms with E-state index in [4.69, 9.17) is 4.74 Å². The van der Waals surface area contributed by atoms with Crippen LogP contribution in [0, 0.1) is 0 Å². The Kier molecular flexibility index (Phi) is 6.08. The van der Waals surface area contributed by atoms with Crippen LogP contribution >= 0.6 is 0 Å². The van der Waals surface area contributed by atoms with E-state index < -0.39 is 15.6 Å². The topological polar surface area (TPSA) is 84.5 Å². The maximum absolute atomic E-state index is 13.1. The first-order valence-electron chi connectivity index (χ1n) is 12.7. The number of ether oxygens (including phenoxy) is 1. The first-order chi connectivity index (χ1) is 18.1. The summed E-state index contributed by atoms with van der Waals surface area (Å²) in [6, 6.07) is 11.2. The lowest BCUT2D eigenvalue weighted by molar-refractivity contribution is -0.0500. The van der Waals surface area contributed by atoms with Gasteiger partial charge in [-0.05, 0) is 74.0 Å².